The van der Waals surface area contributed by atoms with E-state index in [1.54, 1.807) is 13.8 Å². The molecule has 3 heterocycles. The first-order valence-corrected chi connectivity index (χ1v) is 11.2. The van der Waals surface area contributed by atoms with Crippen LogP contribution >= 0.6 is 0 Å². The minimum Gasteiger partial charge on any atom is -0.369 e. The summed E-state index contributed by atoms with van der Waals surface area (Å²) in [5.74, 6) is -1.51. The van der Waals surface area contributed by atoms with E-state index in [2.05, 4.69) is 37.2 Å². The lowest BCUT2D eigenvalue weighted by Crippen LogP contribution is -2.44. The highest BCUT2D eigenvalue weighted by Gasteiger charge is 2.37. The van der Waals surface area contributed by atoms with Crippen LogP contribution in [0.2, 0.25) is 0 Å². The van der Waals surface area contributed by atoms with Gasteiger partial charge in [0.15, 0.2) is 0 Å². The number of carbonyl (C=O) groups excluding carboxylic acids is 1. The van der Waals surface area contributed by atoms with Gasteiger partial charge in [0.25, 0.3) is 11.6 Å². The zero-order chi connectivity index (χ0) is 24.6. The van der Waals surface area contributed by atoms with Gasteiger partial charge in [-0.15, -0.1) is 5.10 Å². The molecule has 1 aliphatic rings. The van der Waals surface area contributed by atoms with Gasteiger partial charge in [0.05, 0.1) is 0 Å². The van der Waals surface area contributed by atoms with E-state index in [1.165, 1.54) is 5.69 Å². The second-order valence-corrected chi connectivity index (χ2v) is 8.75. The van der Waals surface area contributed by atoms with Crippen LogP contribution in [0.1, 0.15) is 34.8 Å². The number of benzene rings is 1. The zero-order valence-electron chi connectivity index (χ0n) is 19.7. The molecule has 3 aromatic rings. The molecule has 0 unspecified atom stereocenters. The molecule has 1 fully saturated rings. The lowest BCUT2D eigenvalue weighted by atomic mass is 10.1. The van der Waals surface area contributed by atoms with Gasteiger partial charge in [-0.3, -0.25) is 4.79 Å². The van der Waals surface area contributed by atoms with Gasteiger partial charge in [0.2, 0.25) is 5.91 Å². The molecule has 1 aliphatic heterocycles. The number of likely N-dealkylation sites (N-methyl/N-ethyl adjacent to an activating group) is 1. The van der Waals surface area contributed by atoms with Gasteiger partial charge in [-0.1, -0.05) is 0 Å². The number of rotatable bonds is 5. The molecule has 0 aliphatic carbocycles. The minimum absolute atomic E-state index is 0.105. The fourth-order valence-electron chi connectivity index (χ4n) is 4.29. The van der Waals surface area contributed by atoms with Gasteiger partial charge in [-0.05, 0) is 63.6 Å². The molecule has 0 saturated carbocycles. The summed E-state index contributed by atoms with van der Waals surface area (Å²) in [7, 11) is 2.12. The third-order valence-corrected chi connectivity index (χ3v) is 6.23. The van der Waals surface area contributed by atoms with E-state index in [9.17, 15) is 18.0 Å². The minimum atomic E-state index is -4.65. The number of amides is 1. The van der Waals surface area contributed by atoms with E-state index in [-0.39, 0.29) is 18.1 Å². The number of carbonyl (C=O) groups is 1. The number of aromatic nitrogens is 4. The molecule has 4 rings (SSSR count). The zero-order valence-corrected chi connectivity index (χ0v) is 19.7. The largest absolute Gasteiger partial charge is 0.453 e. The Balaban J connectivity index is 1.42. The number of alkyl halides is 3. The van der Waals surface area contributed by atoms with Crippen molar-refractivity contribution in [2.24, 2.45) is 0 Å². The molecule has 182 valence electrons. The van der Waals surface area contributed by atoms with Gasteiger partial charge >= 0.3 is 6.18 Å². The summed E-state index contributed by atoms with van der Waals surface area (Å²) in [4.78, 5) is 24.9. The van der Waals surface area contributed by atoms with Gasteiger partial charge in [0, 0.05) is 55.4 Å². The second kappa shape index (κ2) is 9.21. The lowest BCUT2D eigenvalue weighted by Gasteiger charge is -2.35. The van der Waals surface area contributed by atoms with Crippen LogP contribution < -0.4 is 10.2 Å². The fourth-order valence-corrected chi connectivity index (χ4v) is 4.29. The first kappa shape index (κ1) is 23.9. The van der Waals surface area contributed by atoms with E-state index in [0.717, 1.165) is 36.3 Å². The monoisotopic (exact) mass is 475 g/mol. The van der Waals surface area contributed by atoms with Gasteiger partial charge in [0.1, 0.15) is 0 Å². The predicted octanol–water partition coefficient (Wildman–Crippen LogP) is 3.39. The molecular formula is C23H28F3N7O. The van der Waals surface area contributed by atoms with E-state index in [4.69, 9.17) is 0 Å². The molecule has 0 bridgehead atoms. The number of piperazine rings is 1. The van der Waals surface area contributed by atoms with E-state index in [1.807, 2.05) is 25.1 Å². The van der Waals surface area contributed by atoms with Crippen LogP contribution in [0.5, 0.6) is 0 Å². The maximum absolute atomic E-state index is 13.0. The molecule has 1 aromatic carbocycles. The molecule has 0 spiro atoms. The smallest absolute Gasteiger partial charge is 0.369 e. The van der Waals surface area contributed by atoms with E-state index < -0.39 is 12.0 Å². The van der Waals surface area contributed by atoms with Gasteiger partial charge in [-0.2, -0.15) is 18.2 Å². The number of halogens is 3. The average molecular weight is 476 g/mol. The molecule has 1 N–H and O–H groups in total. The predicted molar refractivity (Wildman–Crippen MR) is 123 cm³/mol. The van der Waals surface area contributed by atoms with Crippen molar-refractivity contribution in [1.29, 1.82) is 0 Å². The number of hydrogen-bond donors (Lipinski definition) is 1. The molecule has 1 saturated heterocycles. The van der Waals surface area contributed by atoms with Crippen molar-refractivity contribution in [1.82, 2.24) is 24.5 Å². The number of fused-ring (bicyclic) bond motifs is 1. The van der Waals surface area contributed by atoms with Crippen LogP contribution in [-0.4, -0.2) is 63.6 Å². The topological polar surface area (TPSA) is 78.7 Å². The Bertz CT molecular complexity index is 1210. The van der Waals surface area contributed by atoms with Crippen molar-refractivity contribution in [3.63, 3.8) is 0 Å². The molecule has 11 heteroatoms. The van der Waals surface area contributed by atoms with Crippen molar-refractivity contribution >= 4 is 23.1 Å². The van der Waals surface area contributed by atoms with Crippen LogP contribution in [0.25, 0.3) is 5.78 Å². The highest BCUT2D eigenvalue weighted by atomic mass is 19.4. The van der Waals surface area contributed by atoms with Crippen molar-refractivity contribution in [3.8, 4) is 0 Å². The average Bonchev–Trinajstić information content (AvgIpc) is 3.19. The second-order valence-electron chi connectivity index (χ2n) is 8.75. The SMILES string of the molecule is Cc1cc(NC(=O)CCc2c(C)nc3nc(C(F)(F)F)nn3c2C)ccc1N1CCN(C)CC1. The number of aryl methyl sites for hydroxylation is 3. The van der Waals surface area contributed by atoms with Crippen LogP contribution in [-0.2, 0) is 17.4 Å². The third-order valence-electron chi connectivity index (χ3n) is 6.23. The summed E-state index contributed by atoms with van der Waals surface area (Å²) in [5.41, 5.74) is 4.69. The van der Waals surface area contributed by atoms with E-state index >= 15 is 0 Å². The maximum atomic E-state index is 13.0. The normalized spacial score (nSPS) is 15.2. The molecule has 0 atom stereocenters. The molecular weight excluding hydrogens is 447 g/mol. The number of hydrogen-bond acceptors (Lipinski definition) is 6. The quantitative estimate of drug-likeness (QED) is 0.610. The Labute approximate surface area is 195 Å². The van der Waals surface area contributed by atoms with Gasteiger partial charge < -0.3 is 15.1 Å². The first-order chi connectivity index (χ1) is 16.0. The van der Waals surface area contributed by atoms with Crippen LogP contribution in [0.4, 0.5) is 24.5 Å². The summed E-state index contributed by atoms with van der Waals surface area (Å²) in [5, 5.41) is 6.47. The Morgan fingerprint density at radius 1 is 1.09 bits per heavy atom. The summed E-state index contributed by atoms with van der Waals surface area (Å²) >= 11 is 0. The molecule has 8 nitrogen and oxygen atoms in total. The number of anilines is 2. The molecule has 0 radical (unpaired) electrons. The standard InChI is InChI=1S/C23H28F3N7O/c1-14-13-17(5-7-19(14)32-11-9-31(4)10-12-32)28-20(34)8-6-18-15(2)27-22-29-21(23(24,25)26)30-33(22)16(18)3/h5,7,13H,6,8-12H2,1-4H3,(H,28,34). The van der Waals surface area contributed by atoms with Crippen molar-refractivity contribution in [2.45, 2.75) is 39.8 Å². The van der Waals surface area contributed by atoms with Crippen LogP contribution in [0.15, 0.2) is 18.2 Å². The summed E-state index contributed by atoms with van der Waals surface area (Å²) < 4.78 is 40.0. The Kier molecular flexibility index (Phi) is 6.48. The Morgan fingerprint density at radius 3 is 2.44 bits per heavy atom. The lowest BCUT2D eigenvalue weighted by molar-refractivity contribution is -0.144. The highest BCUT2D eigenvalue weighted by Crippen LogP contribution is 2.28. The number of nitrogens with zero attached hydrogens (tertiary/aromatic N) is 6. The number of nitrogens with one attached hydrogen (secondary N) is 1. The Hall–Kier alpha value is -3.21. The van der Waals surface area contributed by atoms with Crippen molar-refractivity contribution in [2.75, 3.05) is 43.4 Å². The third kappa shape index (κ3) is 4.98. The summed E-state index contributed by atoms with van der Waals surface area (Å²) in [6, 6.07) is 5.89. The van der Waals surface area contributed by atoms with Crippen molar-refractivity contribution in [3.05, 3.63) is 46.5 Å². The highest BCUT2D eigenvalue weighted by molar-refractivity contribution is 5.91. The molecule has 1 amide bonds. The van der Waals surface area contributed by atoms with Crippen LogP contribution in [0, 0.1) is 20.8 Å². The summed E-state index contributed by atoms with van der Waals surface area (Å²) in [6.07, 6.45) is -4.16. The molecule has 2 aromatic heterocycles. The molecule has 34 heavy (non-hydrogen) atoms. The van der Waals surface area contributed by atoms with Gasteiger partial charge in [-0.25, -0.2) is 9.50 Å². The fraction of sp³-hybridized carbons (Fsp3) is 0.478. The van der Waals surface area contributed by atoms with Crippen LogP contribution in [0.3, 0.4) is 0 Å². The maximum Gasteiger partial charge on any atom is 0.453 e. The first-order valence-electron chi connectivity index (χ1n) is 11.2. The Morgan fingerprint density at radius 2 is 1.79 bits per heavy atom. The van der Waals surface area contributed by atoms with Crippen molar-refractivity contribution < 1.29 is 18.0 Å². The summed E-state index contributed by atoms with van der Waals surface area (Å²) in [6.45, 7) is 9.36. The van der Waals surface area contributed by atoms with E-state index in [0.29, 0.717) is 29.1 Å².